The normalized spacial score (nSPS) is 19.2. The second-order valence-corrected chi connectivity index (χ2v) is 9.42. The molecular weight excluding hydrogens is 442 g/mol. The molecule has 0 aromatic carbocycles. The third-order valence-corrected chi connectivity index (χ3v) is 6.85. The zero-order valence-corrected chi connectivity index (χ0v) is 19.4. The highest BCUT2D eigenvalue weighted by molar-refractivity contribution is 7.14. The van der Waals surface area contributed by atoms with Gasteiger partial charge in [0.1, 0.15) is 11.6 Å². The van der Waals surface area contributed by atoms with Gasteiger partial charge in [0.2, 0.25) is 0 Å². The summed E-state index contributed by atoms with van der Waals surface area (Å²) >= 11 is 1.47. The highest BCUT2D eigenvalue weighted by Crippen LogP contribution is 2.28. The first kappa shape index (κ1) is 23.2. The number of hydrogen-bond donors (Lipinski definition) is 4. The summed E-state index contributed by atoms with van der Waals surface area (Å²) in [6.45, 7) is 5.04. The van der Waals surface area contributed by atoms with Crippen molar-refractivity contribution in [1.82, 2.24) is 20.2 Å². The topological polar surface area (TPSA) is 123 Å². The van der Waals surface area contributed by atoms with E-state index < -0.39 is 6.09 Å². The number of carbonyl (C=O) groups is 2. The van der Waals surface area contributed by atoms with E-state index in [1.54, 1.807) is 6.07 Å². The molecule has 4 N–H and O–H groups in total. The Bertz CT molecular complexity index is 948. The van der Waals surface area contributed by atoms with E-state index in [9.17, 15) is 9.59 Å². The number of thiazole rings is 1. The molecule has 2 aliphatic heterocycles. The Kier molecular flexibility index (Phi) is 7.95. The summed E-state index contributed by atoms with van der Waals surface area (Å²) in [6.07, 6.45) is 4.73. The number of rotatable bonds is 7. The lowest BCUT2D eigenvalue weighted by Gasteiger charge is -2.32. The molecule has 0 radical (unpaired) electrons. The number of amides is 3. The molecule has 1 atom stereocenters. The largest absolute Gasteiger partial charge is 0.465 e. The number of hydrogen-bond acceptors (Lipinski definition) is 7. The number of likely N-dealkylation sites (tertiary alicyclic amines) is 1. The summed E-state index contributed by atoms with van der Waals surface area (Å²) in [4.78, 5) is 36.9. The van der Waals surface area contributed by atoms with E-state index in [2.05, 4.69) is 35.7 Å². The smallest absolute Gasteiger partial charge is 0.404 e. The Morgan fingerprint density at radius 2 is 1.88 bits per heavy atom. The number of urea groups is 1. The number of nitrogens with one attached hydrogen (secondary N) is 3. The Morgan fingerprint density at radius 1 is 1.06 bits per heavy atom. The first-order chi connectivity index (χ1) is 16.0. The second-order valence-electron chi connectivity index (χ2n) is 8.59. The van der Waals surface area contributed by atoms with Crippen molar-refractivity contribution in [3.05, 3.63) is 29.3 Å². The van der Waals surface area contributed by atoms with Crippen molar-refractivity contribution < 1.29 is 14.7 Å². The van der Waals surface area contributed by atoms with Gasteiger partial charge in [-0.3, -0.25) is 15.5 Å². The van der Waals surface area contributed by atoms with Gasteiger partial charge in [0.15, 0.2) is 5.13 Å². The lowest BCUT2D eigenvalue weighted by atomic mass is 9.98. The van der Waals surface area contributed by atoms with Gasteiger partial charge in [-0.15, -0.1) is 11.3 Å². The van der Waals surface area contributed by atoms with E-state index in [0.29, 0.717) is 18.2 Å². The van der Waals surface area contributed by atoms with Gasteiger partial charge in [-0.25, -0.2) is 19.6 Å². The van der Waals surface area contributed by atoms with Crippen LogP contribution in [0.2, 0.25) is 0 Å². The molecule has 4 rings (SSSR count). The van der Waals surface area contributed by atoms with Crippen LogP contribution < -0.4 is 20.9 Å². The van der Waals surface area contributed by atoms with Gasteiger partial charge in [-0.1, -0.05) is 12.5 Å². The molecule has 2 saturated heterocycles. The van der Waals surface area contributed by atoms with Crippen molar-refractivity contribution in [3.63, 3.8) is 0 Å². The van der Waals surface area contributed by atoms with Crippen LogP contribution in [0.1, 0.15) is 37.8 Å². The first-order valence-corrected chi connectivity index (χ1v) is 12.4. The molecule has 0 bridgehead atoms. The van der Waals surface area contributed by atoms with Gasteiger partial charge in [0, 0.05) is 31.6 Å². The standard InChI is InChI=1S/C22H31N7O3S/c30-20(25-18-8-4-7-17(24-18)14-28-9-2-1-3-10-28)26-19-15-33-21(27-19)29-11-5-6-16(13-29)12-23-22(31)32/h4,7-8,15-16,23H,1-3,5-6,9-14H2,(H,31,32)(H2,24,25,26,30). The number of pyridine rings is 1. The van der Waals surface area contributed by atoms with E-state index in [1.807, 2.05) is 17.5 Å². The average Bonchev–Trinajstić information content (AvgIpc) is 3.27. The Morgan fingerprint density at radius 3 is 2.70 bits per heavy atom. The van der Waals surface area contributed by atoms with Crippen molar-refractivity contribution in [2.45, 2.75) is 38.6 Å². The predicted octanol–water partition coefficient (Wildman–Crippen LogP) is 3.65. The van der Waals surface area contributed by atoms with Gasteiger partial charge in [0.05, 0.1) is 5.69 Å². The Hall–Kier alpha value is -2.92. The minimum atomic E-state index is -0.995. The zero-order chi connectivity index (χ0) is 23.0. The third-order valence-electron chi connectivity index (χ3n) is 5.95. The molecule has 2 aromatic heterocycles. The van der Waals surface area contributed by atoms with Crippen LogP contribution in [-0.4, -0.2) is 64.8 Å². The SMILES string of the molecule is O=C(O)NCC1CCCN(c2nc(NC(=O)Nc3cccc(CN4CCCCC4)n3)cs2)C1. The summed E-state index contributed by atoms with van der Waals surface area (Å²) in [7, 11) is 0. The molecular formula is C22H31N7O3S. The quantitative estimate of drug-likeness (QED) is 0.484. The van der Waals surface area contributed by atoms with Gasteiger partial charge >= 0.3 is 12.1 Å². The van der Waals surface area contributed by atoms with Crippen LogP contribution in [0.25, 0.3) is 0 Å². The van der Waals surface area contributed by atoms with Crippen LogP contribution in [0.3, 0.4) is 0 Å². The van der Waals surface area contributed by atoms with E-state index in [1.165, 1.54) is 30.6 Å². The van der Waals surface area contributed by atoms with Crippen molar-refractivity contribution in [3.8, 4) is 0 Å². The molecule has 2 aliphatic rings. The maximum Gasteiger partial charge on any atom is 0.404 e. The van der Waals surface area contributed by atoms with Crippen LogP contribution in [0, 0.1) is 5.92 Å². The molecule has 11 heteroatoms. The molecule has 4 heterocycles. The fourth-order valence-electron chi connectivity index (χ4n) is 4.35. The van der Waals surface area contributed by atoms with Crippen molar-refractivity contribution in [2.75, 3.05) is 48.3 Å². The Balaban J connectivity index is 1.28. The van der Waals surface area contributed by atoms with Crippen molar-refractivity contribution in [1.29, 1.82) is 0 Å². The monoisotopic (exact) mass is 473 g/mol. The second kappa shape index (κ2) is 11.3. The molecule has 178 valence electrons. The number of nitrogens with zero attached hydrogens (tertiary/aromatic N) is 4. The van der Waals surface area contributed by atoms with Crippen molar-refractivity contribution in [2.24, 2.45) is 5.92 Å². The summed E-state index contributed by atoms with van der Waals surface area (Å²) in [6, 6.07) is 5.30. The minimum Gasteiger partial charge on any atom is -0.465 e. The first-order valence-electron chi connectivity index (χ1n) is 11.5. The highest BCUT2D eigenvalue weighted by atomic mass is 32.1. The third kappa shape index (κ3) is 7.03. The molecule has 0 saturated carbocycles. The van der Waals surface area contributed by atoms with Gasteiger partial charge in [0.25, 0.3) is 0 Å². The van der Waals surface area contributed by atoms with Gasteiger partial charge in [-0.2, -0.15) is 0 Å². The maximum atomic E-state index is 12.5. The molecule has 3 amide bonds. The van der Waals surface area contributed by atoms with E-state index in [0.717, 1.165) is 56.4 Å². The van der Waals surface area contributed by atoms with Crippen LogP contribution in [0.4, 0.5) is 26.4 Å². The lowest BCUT2D eigenvalue weighted by molar-refractivity contribution is 0.191. The number of carbonyl (C=O) groups excluding carboxylic acids is 1. The van der Waals surface area contributed by atoms with Crippen LogP contribution >= 0.6 is 11.3 Å². The highest BCUT2D eigenvalue weighted by Gasteiger charge is 2.23. The average molecular weight is 474 g/mol. The summed E-state index contributed by atoms with van der Waals surface area (Å²) in [5, 5.41) is 19.5. The molecule has 0 spiro atoms. The molecule has 2 aromatic rings. The molecule has 0 aliphatic carbocycles. The van der Waals surface area contributed by atoms with Crippen LogP contribution in [0.15, 0.2) is 23.6 Å². The molecule has 1 unspecified atom stereocenters. The van der Waals surface area contributed by atoms with E-state index in [4.69, 9.17) is 5.11 Å². The fraction of sp³-hybridized carbons (Fsp3) is 0.545. The summed E-state index contributed by atoms with van der Waals surface area (Å²) in [5.41, 5.74) is 0.947. The number of piperidine rings is 2. The van der Waals surface area contributed by atoms with Crippen molar-refractivity contribution >= 4 is 40.2 Å². The number of aromatic nitrogens is 2. The van der Waals surface area contributed by atoms with Crippen LogP contribution in [0.5, 0.6) is 0 Å². The number of carboxylic acid groups (broad SMARTS) is 1. The van der Waals surface area contributed by atoms with E-state index >= 15 is 0 Å². The van der Waals surface area contributed by atoms with Gasteiger partial charge < -0.3 is 15.3 Å². The predicted molar refractivity (Wildman–Crippen MR) is 129 cm³/mol. The minimum absolute atomic E-state index is 0.252. The van der Waals surface area contributed by atoms with Crippen LogP contribution in [-0.2, 0) is 6.54 Å². The summed E-state index contributed by atoms with van der Waals surface area (Å²) in [5.74, 6) is 1.26. The summed E-state index contributed by atoms with van der Waals surface area (Å²) < 4.78 is 0. The zero-order valence-electron chi connectivity index (χ0n) is 18.6. The lowest BCUT2D eigenvalue weighted by Crippen LogP contribution is -2.40. The van der Waals surface area contributed by atoms with E-state index in [-0.39, 0.29) is 11.9 Å². The molecule has 2 fully saturated rings. The number of anilines is 3. The Labute approximate surface area is 197 Å². The fourth-order valence-corrected chi connectivity index (χ4v) is 5.15. The molecule has 33 heavy (non-hydrogen) atoms. The maximum absolute atomic E-state index is 12.5. The van der Waals surface area contributed by atoms with Gasteiger partial charge in [-0.05, 0) is 56.8 Å². The molecule has 10 nitrogen and oxygen atoms in total.